The van der Waals surface area contributed by atoms with Gasteiger partial charge in [0.05, 0.1) is 19.0 Å². The quantitative estimate of drug-likeness (QED) is 0.725. The summed E-state index contributed by atoms with van der Waals surface area (Å²) in [6, 6.07) is 18.7. The Bertz CT molecular complexity index is 735. The molecule has 1 aromatic heterocycles. The lowest BCUT2D eigenvalue weighted by atomic mass is 10.1. The zero-order valence-corrected chi connectivity index (χ0v) is 13.4. The molecule has 3 aromatic rings. The summed E-state index contributed by atoms with van der Waals surface area (Å²) >= 11 is 0. The van der Waals surface area contributed by atoms with Gasteiger partial charge in [0, 0.05) is 23.7 Å². The van der Waals surface area contributed by atoms with Gasteiger partial charge in [-0.1, -0.05) is 30.3 Å². The molecule has 4 heteroatoms. The highest BCUT2D eigenvalue weighted by Crippen LogP contribution is 2.24. The SMILES string of the molecule is COc1ccc(-c2[nH]ncc2CN[C@@H](C)c2ccccc2)cc1. The van der Waals surface area contributed by atoms with Crippen molar-refractivity contribution in [3.05, 3.63) is 71.9 Å². The fraction of sp³-hybridized carbons (Fsp3) is 0.211. The largest absolute Gasteiger partial charge is 0.497 e. The van der Waals surface area contributed by atoms with E-state index in [2.05, 4.69) is 46.7 Å². The Morgan fingerprint density at radius 2 is 1.83 bits per heavy atom. The van der Waals surface area contributed by atoms with Crippen molar-refractivity contribution in [2.24, 2.45) is 0 Å². The first-order chi connectivity index (χ1) is 11.3. The predicted molar refractivity (Wildman–Crippen MR) is 92.3 cm³/mol. The van der Waals surface area contributed by atoms with Crippen LogP contribution in [0.2, 0.25) is 0 Å². The van der Waals surface area contributed by atoms with Gasteiger partial charge < -0.3 is 10.1 Å². The molecule has 0 fully saturated rings. The monoisotopic (exact) mass is 307 g/mol. The smallest absolute Gasteiger partial charge is 0.118 e. The van der Waals surface area contributed by atoms with Gasteiger partial charge in [-0.05, 0) is 36.8 Å². The van der Waals surface area contributed by atoms with Crippen molar-refractivity contribution in [1.82, 2.24) is 15.5 Å². The molecule has 0 amide bonds. The second-order valence-electron chi connectivity index (χ2n) is 5.51. The van der Waals surface area contributed by atoms with Gasteiger partial charge >= 0.3 is 0 Å². The molecule has 2 aromatic carbocycles. The minimum absolute atomic E-state index is 0.287. The van der Waals surface area contributed by atoms with Gasteiger partial charge in [-0.15, -0.1) is 0 Å². The second kappa shape index (κ2) is 7.11. The van der Waals surface area contributed by atoms with E-state index in [1.807, 2.05) is 36.5 Å². The minimum Gasteiger partial charge on any atom is -0.497 e. The Balaban J connectivity index is 1.71. The number of hydrogen-bond donors (Lipinski definition) is 2. The van der Waals surface area contributed by atoms with E-state index in [1.165, 1.54) is 5.56 Å². The van der Waals surface area contributed by atoms with Crippen LogP contribution in [-0.4, -0.2) is 17.3 Å². The van der Waals surface area contributed by atoms with Crippen LogP contribution in [0.1, 0.15) is 24.1 Å². The number of rotatable bonds is 6. The van der Waals surface area contributed by atoms with E-state index in [0.717, 1.165) is 29.1 Å². The van der Waals surface area contributed by atoms with Crippen molar-refractivity contribution < 1.29 is 4.74 Å². The molecule has 1 atom stereocenters. The van der Waals surface area contributed by atoms with E-state index in [4.69, 9.17) is 4.74 Å². The number of aromatic amines is 1. The number of ether oxygens (including phenoxy) is 1. The zero-order valence-electron chi connectivity index (χ0n) is 13.4. The van der Waals surface area contributed by atoms with Gasteiger partial charge in [0.25, 0.3) is 0 Å². The molecular weight excluding hydrogens is 286 g/mol. The first-order valence-electron chi connectivity index (χ1n) is 7.73. The summed E-state index contributed by atoms with van der Waals surface area (Å²) in [7, 11) is 1.67. The number of nitrogens with one attached hydrogen (secondary N) is 2. The lowest BCUT2D eigenvalue weighted by Crippen LogP contribution is -2.18. The lowest BCUT2D eigenvalue weighted by molar-refractivity contribution is 0.415. The first-order valence-corrected chi connectivity index (χ1v) is 7.73. The number of H-pyrrole nitrogens is 1. The van der Waals surface area contributed by atoms with E-state index >= 15 is 0 Å². The van der Waals surface area contributed by atoms with Crippen LogP contribution in [0.4, 0.5) is 0 Å². The van der Waals surface area contributed by atoms with Gasteiger partial charge in [-0.3, -0.25) is 5.10 Å². The third-order valence-electron chi connectivity index (χ3n) is 3.99. The maximum Gasteiger partial charge on any atom is 0.118 e. The van der Waals surface area contributed by atoms with Crippen LogP contribution >= 0.6 is 0 Å². The first kappa shape index (κ1) is 15.3. The summed E-state index contributed by atoms with van der Waals surface area (Å²) in [4.78, 5) is 0. The fourth-order valence-electron chi connectivity index (χ4n) is 2.58. The van der Waals surface area contributed by atoms with Crippen LogP contribution in [-0.2, 0) is 6.54 Å². The van der Waals surface area contributed by atoms with Crippen molar-refractivity contribution in [3.8, 4) is 17.0 Å². The second-order valence-corrected chi connectivity index (χ2v) is 5.51. The van der Waals surface area contributed by atoms with Gasteiger partial charge in [0.2, 0.25) is 0 Å². The molecule has 0 aliphatic carbocycles. The summed E-state index contributed by atoms with van der Waals surface area (Å²) < 4.78 is 5.21. The lowest BCUT2D eigenvalue weighted by Gasteiger charge is -2.14. The summed E-state index contributed by atoms with van der Waals surface area (Å²) in [6.45, 7) is 2.93. The molecule has 0 unspecified atom stereocenters. The molecule has 3 rings (SSSR count). The van der Waals surface area contributed by atoms with Gasteiger partial charge in [0.15, 0.2) is 0 Å². The fourth-order valence-corrected chi connectivity index (χ4v) is 2.58. The molecule has 118 valence electrons. The molecule has 0 saturated carbocycles. The summed E-state index contributed by atoms with van der Waals surface area (Å²) in [6.07, 6.45) is 1.88. The average molecular weight is 307 g/mol. The normalized spacial score (nSPS) is 12.1. The van der Waals surface area contributed by atoms with Gasteiger partial charge in [0.1, 0.15) is 5.75 Å². The third-order valence-corrected chi connectivity index (χ3v) is 3.99. The van der Waals surface area contributed by atoms with Gasteiger partial charge in [-0.2, -0.15) is 5.10 Å². The van der Waals surface area contributed by atoms with Crippen LogP contribution in [0, 0.1) is 0 Å². The molecule has 0 bridgehead atoms. The number of aromatic nitrogens is 2. The molecule has 23 heavy (non-hydrogen) atoms. The number of nitrogens with zero attached hydrogens (tertiary/aromatic N) is 1. The molecule has 0 aliphatic heterocycles. The van der Waals surface area contributed by atoms with Crippen LogP contribution in [0.3, 0.4) is 0 Å². The van der Waals surface area contributed by atoms with Crippen LogP contribution in [0.25, 0.3) is 11.3 Å². The van der Waals surface area contributed by atoms with Crippen molar-refractivity contribution >= 4 is 0 Å². The molecule has 2 N–H and O–H groups in total. The van der Waals surface area contributed by atoms with Crippen LogP contribution < -0.4 is 10.1 Å². The zero-order chi connectivity index (χ0) is 16.1. The molecule has 0 saturated heterocycles. The number of methoxy groups -OCH3 is 1. The maximum absolute atomic E-state index is 5.21. The van der Waals surface area contributed by atoms with Crippen molar-refractivity contribution in [3.63, 3.8) is 0 Å². The standard InChI is InChI=1S/C19H21N3O/c1-14(15-6-4-3-5-7-15)20-12-17-13-21-22-19(17)16-8-10-18(23-2)11-9-16/h3-11,13-14,20H,12H2,1-2H3,(H,21,22)/t14-/m0/s1. The summed E-state index contributed by atoms with van der Waals surface area (Å²) in [5.41, 5.74) is 4.58. The van der Waals surface area contributed by atoms with Crippen LogP contribution in [0.5, 0.6) is 5.75 Å². The molecule has 1 heterocycles. The predicted octanol–water partition coefficient (Wildman–Crippen LogP) is 3.94. The number of hydrogen-bond acceptors (Lipinski definition) is 3. The van der Waals surface area contributed by atoms with Crippen molar-refractivity contribution in [2.45, 2.75) is 19.5 Å². The molecule has 4 nitrogen and oxygen atoms in total. The molecule has 0 radical (unpaired) electrons. The Kier molecular flexibility index (Phi) is 4.74. The molecular formula is C19H21N3O. The maximum atomic E-state index is 5.21. The van der Waals surface area contributed by atoms with E-state index in [-0.39, 0.29) is 6.04 Å². The Labute approximate surface area is 136 Å². The summed E-state index contributed by atoms with van der Waals surface area (Å²) in [5, 5.41) is 10.8. The van der Waals surface area contributed by atoms with Gasteiger partial charge in [-0.25, -0.2) is 0 Å². The third kappa shape index (κ3) is 3.60. The van der Waals surface area contributed by atoms with Crippen molar-refractivity contribution in [2.75, 3.05) is 7.11 Å². The highest BCUT2D eigenvalue weighted by Gasteiger charge is 2.10. The van der Waals surface area contributed by atoms with E-state index in [0.29, 0.717) is 0 Å². The van der Waals surface area contributed by atoms with E-state index in [1.54, 1.807) is 7.11 Å². The highest BCUT2D eigenvalue weighted by atomic mass is 16.5. The number of benzene rings is 2. The van der Waals surface area contributed by atoms with Crippen molar-refractivity contribution in [1.29, 1.82) is 0 Å². The Hall–Kier alpha value is -2.59. The van der Waals surface area contributed by atoms with Crippen LogP contribution in [0.15, 0.2) is 60.8 Å². The Morgan fingerprint density at radius 3 is 2.52 bits per heavy atom. The Morgan fingerprint density at radius 1 is 1.09 bits per heavy atom. The molecule has 0 aliphatic rings. The van der Waals surface area contributed by atoms with E-state index in [9.17, 15) is 0 Å². The average Bonchev–Trinajstić information content (AvgIpc) is 3.09. The topological polar surface area (TPSA) is 49.9 Å². The highest BCUT2D eigenvalue weighted by molar-refractivity contribution is 5.63. The molecule has 0 spiro atoms. The van der Waals surface area contributed by atoms with E-state index < -0.39 is 0 Å². The minimum atomic E-state index is 0.287. The summed E-state index contributed by atoms with van der Waals surface area (Å²) in [5.74, 6) is 0.852.